The van der Waals surface area contributed by atoms with E-state index in [-0.39, 0.29) is 0 Å². The molecule has 1 nitrogen and oxygen atoms in total. The van der Waals surface area contributed by atoms with Crippen molar-refractivity contribution in [3.63, 3.8) is 0 Å². The third kappa shape index (κ3) is 2.38. The van der Waals surface area contributed by atoms with Crippen LogP contribution in [0.1, 0.15) is 0 Å². The van der Waals surface area contributed by atoms with E-state index in [2.05, 4.69) is 0 Å². The Morgan fingerprint density at radius 3 is 0.900 bits per heavy atom. The molecule has 10 heavy (non-hydrogen) atoms. The van der Waals surface area contributed by atoms with Crippen LogP contribution in [0.15, 0.2) is 0 Å². The van der Waals surface area contributed by atoms with E-state index in [1.165, 1.54) is 0 Å². The minimum absolute atomic E-state index is 2.32. The van der Waals surface area contributed by atoms with Crippen LogP contribution >= 0.6 is 0 Å². The summed E-state index contributed by atoms with van der Waals surface area (Å²) < 4.78 is 73.0. The molecule has 0 unspecified atom stereocenters. The third-order valence-electron chi connectivity index (χ3n) is 0.406. The van der Waals surface area contributed by atoms with E-state index < -0.39 is 17.3 Å². The lowest BCUT2D eigenvalue weighted by Gasteiger charge is -2.06. The molecule has 0 aromatic rings. The molecule has 0 aliphatic heterocycles. The Morgan fingerprint density at radius 2 is 0.900 bits per heavy atom. The summed E-state index contributed by atoms with van der Waals surface area (Å²) in [5.74, 6) is 0. The van der Waals surface area contributed by atoms with E-state index in [1.54, 1.807) is 0 Å². The molecule has 0 saturated carbocycles. The molecular formula is C2F7O+. The molecule has 0 amide bonds. The lowest BCUT2D eigenvalue weighted by Crippen LogP contribution is -2.34. The molecule has 0 rings (SSSR count). The van der Waals surface area contributed by atoms with E-state index >= 15 is 0 Å². The lowest BCUT2D eigenvalue weighted by molar-refractivity contribution is -0.659. The molecule has 0 spiro atoms. The highest BCUT2D eigenvalue weighted by atomic mass is 19.5. The minimum Gasteiger partial charge on any atom is -0.0907 e. The maximum atomic E-state index is 10.9. The molecule has 0 aromatic carbocycles. The number of hydrogen-bond acceptors (Lipinski definition) is 0. The SMILES string of the molecule is F[O+](C(F)(F)F)C(F)(F)F. The van der Waals surface area contributed by atoms with E-state index in [4.69, 9.17) is 0 Å². The summed E-state index contributed by atoms with van der Waals surface area (Å²) in [6.45, 7) is 0. The lowest BCUT2D eigenvalue weighted by atomic mass is 11.2. The number of hydrogen-bond donors (Lipinski definition) is 0. The van der Waals surface area contributed by atoms with Crippen LogP contribution in [0.4, 0.5) is 30.9 Å². The van der Waals surface area contributed by atoms with Crippen molar-refractivity contribution in [3.8, 4) is 0 Å². The predicted octanol–water partition coefficient (Wildman–Crippen LogP) is 2.46. The fourth-order valence-electron chi connectivity index (χ4n) is 0.131. The van der Waals surface area contributed by atoms with Gasteiger partial charge in [0, 0.05) is 4.57 Å². The average molecular weight is 173 g/mol. The van der Waals surface area contributed by atoms with Crippen molar-refractivity contribution < 1.29 is 35.4 Å². The van der Waals surface area contributed by atoms with Crippen molar-refractivity contribution in [1.29, 1.82) is 0 Å². The standard InChI is InChI=1S/C2F7O/c3-1(4,5)10(9)2(6,7)8/q+1. The van der Waals surface area contributed by atoms with Gasteiger partial charge in [-0.2, -0.15) is 0 Å². The first-order valence-corrected chi connectivity index (χ1v) is 1.70. The van der Waals surface area contributed by atoms with Crippen molar-refractivity contribution >= 4 is 0 Å². The predicted molar refractivity (Wildman–Crippen MR) is 14.3 cm³/mol. The van der Waals surface area contributed by atoms with Crippen LogP contribution in [-0.4, -0.2) is 12.7 Å². The first-order valence-electron chi connectivity index (χ1n) is 1.70. The Hall–Kier alpha value is -0.530. The largest absolute Gasteiger partial charge is 0.706 e. The van der Waals surface area contributed by atoms with Gasteiger partial charge < -0.3 is 0 Å². The van der Waals surface area contributed by atoms with Crippen molar-refractivity contribution in [1.82, 2.24) is 0 Å². The van der Waals surface area contributed by atoms with Crippen LogP contribution in [0, 0.1) is 0 Å². The molecule has 0 bridgehead atoms. The van der Waals surface area contributed by atoms with Crippen molar-refractivity contribution in [2.75, 3.05) is 0 Å². The second-order valence-corrected chi connectivity index (χ2v) is 1.15. The molecule has 0 heterocycles. The molecule has 0 aliphatic carbocycles. The van der Waals surface area contributed by atoms with Crippen molar-refractivity contribution in [2.24, 2.45) is 0 Å². The Kier molecular flexibility index (Phi) is 2.14. The molecule has 8 heteroatoms. The van der Waals surface area contributed by atoms with E-state index in [9.17, 15) is 30.9 Å². The van der Waals surface area contributed by atoms with Crippen LogP contribution in [0.3, 0.4) is 0 Å². The van der Waals surface area contributed by atoms with Gasteiger partial charge in [0.2, 0.25) is 0 Å². The third-order valence-corrected chi connectivity index (χ3v) is 0.406. The molecule has 0 N–H and O–H groups in total. The van der Waals surface area contributed by atoms with E-state index in [0.29, 0.717) is 0 Å². The van der Waals surface area contributed by atoms with Crippen molar-refractivity contribution in [2.45, 2.75) is 12.7 Å². The Labute approximate surface area is 49.6 Å². The molecule has 0 saturated heterocycles. The smallest absolute Gasteiger partial charge is 0.0907 e. The molecule has 0 aromatic heterocycles. The summed E-state index contributed by atoms with van der Waals surface area (Å²) in [5, 5.41) is 0. The van der Waals surface area contributed by atoms with Gasteiger partial charge in [0.1, 0.15) is 4.53 Å². The minimum atomic E-state index is -6.10. The number of halogens is 7. The van der Waals surface area contributed by atoms with Crippen LogP contribution in [0.5, 0.6) is 0 Å². The highest BCUT2D eigenvalue weighted by Crippen LogP contribution is 2.38. The molecule has 0 fully saturated rings. The van der Waals surface area contributed by atoms with Crippen LogP contribution < -0.4 is 0 Å². The van der Waals surface area contributed by atoms with Crippen LogP contribution in [-0.2, 0) is 4.57 Å². The summed E-state index contributed by atoms with van der Waals surface area (Å²) in [7, 11) is 0. The first-order chi connectivity index (χ1) is 4.15. The summed E-state index contributed by atoms with van der Waals surface area (Å²) >= 11 is 0. The molecule has 0 atom stereocenters. The highest BCUT2D eigenvalue weighted by molar-refractivity contribution is 4.34. The van der Waals surface area contributed by atoms with Gasteiger partial charge in [0.05, 0.1) is 0 Å². The Bertz CT molecular complexity index is 95.8. The van der Waals surface area contributed by atoms with E-state index in [0.717, 1.165) is 0 Å². The fraction of sp³-hybridized carbons (Fsp3) is 1.00. The highest BCUT2D eigenvalue weighted by Gasteiger charge is 2.68. The maximum absolute atomic E-state index is 10.9. The maximum Gasteiger partial charge on any atom is 0.706 e. The van der Waals surface area contributed by atoms with Crippen LogP contribution in [0.2, 0.25) is 0 Å². The average Bonchev–Trinajstić information content (AvgIpc) is 1.59. The van der Waals surface area contributed by atoms with Crippen molar-refractivity contribution in [3.05, 3.63) is 0 Å². The molecule has 0 aliphatic rings. The summed E-state index contributed by atoms with van der Waals surface area (Å²) in [6, 6.07) is 0. The molecule has 0 radical (unpaired) electrons. The summed E-state index contributed by atoms with van der Waals surface area (Å²) in [5.41, 5.74) is 0. The summed E-state index contributed by atoms with van der Waals surface area (Å²) in [6.07, 6.45) is -12.2. The Balaban J connectivity index is 4.23. The zero-order valence-electron chi connectivity index (χ0n) is 4.05. The van der Waals surface area contributed by atoms with Gasteiger partial charge in [0.15, 0.2) is 0 Å². The topological polar surface area (TPSA) is 2.70 Å². The van der Waals surface area contributed by atoms with Gasteiger partial charge in [-0.1, -0.05) is 26.3 Å². The fourth-order valence-corrected chi connectivity index (χ4v) is 0.131. The zero-order valence-corrected chi connectivity index (χ0v) is 4.05. The second kappa shape index (κ2) is 2.26. The second-order valence-electron chi connectivity index (χ2n) is 1.15. The summed E-state index contributed by atoms with van der Waals surface area (Å²) in [4.78, 5) is 0. The quantitative estimate of drug-likeness (QED) is 0.390. The number of rotatable bonds is 0. The van der Waals surface area contributed by atoms with Gasteiger partial charge in [-0.3, -0.25) is 0 Å². The van der Waals surface area contributed by atoms with Gasteiger partial charge in [-0.05, 0) is 0 Å². The van der Waals surface area contributed by atoms with Gasteiger partial charge in [-0.25, -0.2) is 0 Å². The molecule has 62 valence electrons. The van der Waals surface area contributed by atoms with Gasteiger partial charge in [0.25, 0.3) is 0 Å². The normalized spacial score (nSPS) is 14.4. The van der Waals surface area contributed by atoms with E-state index in [1.807, 2.05) is 0 Å². The first kappa shape index (κ1) is 9.47. The monoisotopic (exact) mass is 173 g/mol. The van der Waals surface area contributed by atoms with Crippen LogP contribution in [0.25, 0.3) is 0 Å². The van der Waals surface area contributed by atoms with Gasteiger partial charge >= 0.3 is 12.7 Å². The zero-order chi connectivity index (χ0) is 8.58. The van der Waals surface area contributed by atoms with Gasteiger partial charge in [-0.15, -0.1) is 0 Å². The Morgan fingerprint density at radius 1 is 0.700 bits per heavy atom. The molecular weight excluding hydrogens is 173 g/mol. The number of alkyl halides is 6.